The van der Waals surface area contributed by atoms with Gasteiger partial charge in [0.15, 0.2) is 0 Å². The zero-order valence-electron chi connectivity index (χ0n) is 11.1. The van der Waals surface area contributed by atoms with Gasteiger partial charge in [0.2, 0.25) is 0 Å². The summed E-state index contributed by atoms with van der Waals surface area (Å²) in [4.78, 5) is 0. The number of halogens is 6. The van der Waals surface area contributed by atoms with E-state index in [1.54, 1.807) is 0 Å². The van der Waals surface area contributed by atoms with Crippen molar-refractivity contribution in [2.24, 2.45) is 47.3 Å². The maximum absolute atomic E-state index is 6.26. The van der Waals surface area contributed by atoms with E-state index in [1.165, 1.54) is 0 Å². The van der Waals surface area contributed by atoms with E-state index in [-0.39, 0.29) is 0 Å². The molecule has 2 unspecified atom stereocenters. The molecule has 2 bridgehead atoms. The van der Waals surface area contributed by atoms with Crippen molar-refractivity contribution >= 4 is 69.6 Å². The third kappa shape index (κ3) is 2.80. The molecule has 0 aromatic rings. The fraction of sp³-hybridized carbons (Fsp3) is 1.00. The summed E-state index contributed by atoms with van der Waals surface area (Å²) in [5.41, 5.74) is 0. The van der Waals surface area contributed by atoms with Gasteiger partial charge in [-0.2, -0.15) is 0 Å². The van der Waals surface area contributed by atoms with Crippen molar-refractivity contribution < 1.29 is 0 Å². The van der Waals surface area contributed by atoms with Crippen LogP contribution in [0.1, 0.15) is 0 Å². The van der Waals surface area contributed by atoms with Gasteiger partial charge in [-0.05, 0) is 47.3 Å². The molecule has 0 saturated heterocycles. The van der Waals surface area contributed by atoms with Crippen LogP contribution in [-0.4, -0.2) is 35.3 Å². The van der Waals surface area contributed by atoms with Crippen LogP contribution in [-0.2, 0) is 0 Å². The van der Waals surface area contributed by atoms with Crippen LogP contribution in [0.2, 0.25) is 0 Å². The van der Waals surface area contributed by atoms with Gasteiger partial charge in [-0.1, -0.05) is 0 Å². The molecular formula is C14H20Cl6. The number of hydrogen-bond acceptors (Lipinski definition) is 0. The standard InChI is InChI=1S/C14H20Cl6/c15-1-7-8(2-16)14-11(5-19)9(3-17)13(7)10(4-18)12(14)6-20/h7-14H,1-6H2/t7-,8-,9-,10?,11-,12?,13?,14?/m1/s1. The predicted octanol–water partition coefficient (Wildman–Crippen LogP) is 5.38. The highest BCUT2D eigenvalue weighted by Crippen LogP contribution is 2.61. The molecule has 3 aliphatic rings. The summed E-state index contributed by atoms with van der Waals surface area (Å²) >= 11 is 37.6. The summed E-state index contributed by atoms with van der Waals surface area (Å²) in [5, 5.41) is 0. The van der Waals surface area contributed by atoms with Gasteiger partial charge in [0.05, 0.1) is 0 Å². The minimum Gasteiger partial charge on any atom is -0.126 e. The molecule has 20 heavy (non-hydrogen) atoms. The number of rotatable bonds is 6. The van der Waals surface area contributed by atoms with Gasteiger partial charge in [-0.25, -0.2) is 0 Å². The summed E-state index contributed by atoms with van der Waals surface area (Å²) in [6.07, 6.45) is 0. The van der Waals surface area contributed by atoms with Crippen LogP contribution in [0.15, 0.2) is 0 Å². The zero-order chi connectivity index (χ0) is 14.9. The summed E-state index contributed by atoms with van der Waals surface area (Å²) in [7, 11) is 0. The maximum Gasteiger partial charge on any atom is 0.0257 e. The lowest BCUT2D eigenvalue weighted by Gasteiger charge is -2.62. The SMILES string of the molecule is ClCC1C(CCl)C2[C@H](CCl)[C@@H](CCl)C1[C@H](CCl)[C@H]2CCl. The average Bonchev–Trinajstić information content (AvgIpc) is 2.51. The normalized spacial score (nSPS) is 47.7. The van der Waals surface area contributed by atoms with Crippen molar-refractivity contribution in [3.05, 3.63) is 0 Å². The van der Waals surface area contributed by atoms with Crippen LogP contribution in [0.4, 0.5) is 0 Å². The monoisotopic (exact) mass is 398 g/mol. The van der Waals surface area contributed by atoms with Crippen LogP contribution in [0.5, 0.6) is 0 Å². The van der Waals surface area contributed by atoms with E-state index < -0.39 is 0 Å². The van der Waals surface area contributed by atoms with Crippen molar-refractivity contribution in [1.29, 1.82) is 0 Å². The van der Waals surface area contributed by atoms with Crippen LogP contribution in [0, 0.1) is 47.3 Å². The second kappa shape index (κ2) is 8.02. The Morgan fingerprint density at radius 2 is 0.500 bits per heavy atom. The van der Waals surface area contributed by atoms with Gasteiger partial charge in [0.1, 0.15) is 0 Å². The first-order valence-corrected chi connectivity index (χ1v) is 10.3. The van der Waals surface area contributed by atoms with Crippen molar-refractivity contribution in [2.75, 3.05) is 35.3 Å². The lowest BCUT2D eigenvalue weighted by Crippen LogP contribution is -2.62. The molecule has 0 aliphatic heterocycles. The average molecular weight is 401 g/mol. The van der Waals surface area contributed by atoms with Gasteiger partial charge in [-0.3, -0.25) is 0 Å². The molecule has 3 saturated carbocycles. The molecule has 0 heterocycles. The Bertz CT molecular complexity index is 234. The second-order valence-corrected chi connectivity index (χ2v) is 7.92. The Hall–Kier alpha value is 1.74. The fourth-order valence-electron chi connectivity index (χ4n) is 4.92. The lowest BCUT2D eigenvalue weighted by atomic mass is 9.45. The van der Waals surface area contributed by atoms with E-state index in [0.29, 0.717) is 82.6 Å². The van der Waals surface area contributed by atoms with Crippen molar-refractivity contribution in [1.82, 2.24) is 0 Å². The smallest absolute Gasteiger partial charge is 0.0257 e. The predicted molar refractivity (Wildman–Crippen MR) is 92.2 cm³/mol. The van der Waals surface area contributed by atoms with E-state index in [9.17, 15) is 0 Å². The van der Waals surface area contributed by atoms with Gasteiger partial charge >= 0.3 is 0 Å². The van der Waals surface area contributed by atoms with E-state index in [0.717, 1.165) is 0 Å². The molecule has 0 amide bonds. The molecule has 0 spiro atoms. The molecule has 6 heteroatoms. The lowest BCUT2D eigenvalue weighted by molar-refractivity contribution is -0.113. The van der Waals surface area contributed by atoms with E-state index >= 15 is 0 Å². The number of hydrogen-bond donors (Lipinski definition) is 0. The molecule has 3 fully saturated rings. The Kier molecular flexibility index (Phi) is 7.25. The summed E-state index contributed by atoms with van der Waals surface area (Å²) in [6, 6.07) is 0. The first kappa shape index (κ1) is 18.1. The van der Waals surface area contributed by atoms with Crippen LogP contribution < -0.4 is 0 Å². The van der Waals surface area contributed by atoms with Crippen molar-refractivity contribution in [3.63, 3.8) is 0 Å². The molecule has 3 rings (SSSR count). The van der Waals surface area contributed by atoms with Crippen LogP contribution in [0.25, 0.3) is 0 Å². The Morgan fingerprint density at radius 1 is 0.350 bits per heavy atom. The van der Waals surface area contributed by atoms with E-state index in [2.05, 4.69) is 0 Å². The van der Waals surface area contributed by atoms with E-state index in [4.69, 9.17) is 69.6 Å². The molecule has 0 N–H and O–H groups in total. The summed E-state index contributed by atoms with van der Waals surface area (Å²) in [5.74, 6) is 6.75. The van der Waals surface area contributed by atoms with Gasteiger partial charge in [0, 0.05) is 35.3 Å². The molecule has 0 aromatic carbocycles. The molecule has 6 atom stereocenters. The molecule has 118 valence electrons. The Labute approximate surface area is 151 Å². The van der Waals surface area contributed by atoms with Crippen molar-refractivity contribution in [3.8, 4) is 0 Å². The summed E-state index contributed by atoms with van der Waals surface area (Å²) < 4.78 is 0. The Balaban J connectivity index is 2.43. The van der Waals surface area contributed by atoms with Gasteiger partial charge in [0.25, 0.3) is 0 Å². The minimum absolute atomic E-state index is 0.380. The van der Waals surface area contributed by atoms with E-state index in [1.807, 2.05) is 0 Å². The molecular weight excluding hydrogens is 381 g/mol. The first-order chi connectivity index (χ1) is 9.69. The molecule has 0 radical (unpaired) electrons. The zero-order valence-corrected chi connectivity index (χ0v) is 15.7. The molecule has 0 nitrogen and oxygen atoms in total. The van der Waals surface area contributed by atoms with Gasteiger partial charge < -0.3 is 0 Å². The Morgan fingerprint density at radius 3 is 0.600 bits per heavy atom. The topological polar surface area (TPSA) is 0 Å². The fourth-order valence-corrected chi connectivity index (χ4v) is 7.53. The third-order valence-electron chi connectivity index (χ3n) is 5.69. The number of fused-ring (bicyclic) bond motifs is 3. The highest BCUT2D eigenvalue weighted by atomic mass is 35.5. The summed E-state index contributed by atoms with van der Waals surface area (Å²) in [6.45, 7) is 0. The largest absolute Gasteiger partial charge is 0.126 e. The highest BCUT2D eigenvalue weighted by Gasteiger charge is 2.60. The molecule has 3 aliphatic carbocycles. The van der Waals surface area contributed by atoms with Crippen molar-refractivity contribution in [2.45, 2.75) is 0 Å². The maximum atomic E-state index is 6.26. The van der Waals surface area contributed by atoms with Crippen LogP contribution >= 0.6 is 69.6 Å². The first-order valence-electron chi connectivity index (χ1n) is 7.05. The highest BCUT2D eigenvalue weighted by molar-refractivity contribution is 6.21. The molecule has 0 aromatic heterocycles. The number of alkyl halides is 6. The minimum atomic E-state index is 0.380. The van der Waals surface area contributed by atoms with Gasteiger partial charge in [-0.15, -0.1) is 69.6 Å². The second-order valence-electron chi connectivity index (χ2n) is 6.06. The quantitative estimate of drug-likeness (QED) is 0.525. The van der Waals surface area contributed by atoms with Crippen LogP contribution in [0.3, 0.4) is 0 Å². The third-order valence-corrected chi connectivity index (χ3v) is 7.82.